The first-order valence-electron chi connectivity index (χ1n) is 8.10. The zero-order chi connectivity index (χ0) is 15.5. The second kappa shape index (κ2) is 6.38. The molecule has 3 aromatic rings. The van der Waals surface area contributed by atoms with E-state index in [4.69, 9.17) is 0 Å². The Bertz CT molecular complexity index is 732. The van der Waals surface area contributed by atoms with Crippen LogP contribution in [0, 0.1) is 5.92 Å². The number of hydrogen-bond acceptors (Lipinski definition) is 3. The second-order valence-electron chi connectivity index (χ2n) is 6.25. The fourth-order valence-corrected chi connectivity index (χ4v) is 3.37. The van der Waals surface area contributed by atoms with Crippen LogP contribution in [0.3, 0.4) is 0 Å². The molecule has 0 radical (unpaired) electrons. The number of nitrogens with zero attached hydrogens (tertiary/aromatic N) is 5. The van der Waals surface area contributed by atoms with Crippen molar-refractivity contribution in [2.75, 3.05) is 6.54 Å². The highest BCUT2D eigenvalue weighted by atomic mass is 15.3. The molecule has 5 nitrogen and oxygen atoms in total. The minimum Gasteiger partial charge on any atom is -0.333 e. The number of benzene rings is 1. The Morgan fingerprint density at radius 2 is 1.91 bits per heavy atom. The largest absolute Gasteiger partial charge is 0.333 e. The van der Waals surface area contributed by atoms with Crippen molar-refractivity contribution in [3.05, 3.63) is 72.6 Å². The zero-order valence-corrected chi connectivity index (χ0v) is 13.1. The SMILES string of the molecule is c1ccc(CN2Cc3nccn3C[C@@H](Cn3cccn3)C2)cc1. The lowest BCUT2D eigenvalue weighted by Gasteiger charge is -2.23. The first-order valence-corrected chi connectivity index (χ1v) is 8.10. The topological polar surface area (TPSA) is 38.9 Å². The van der Waals surface area contributed by atoms with E-state index in [0.29, 0.717) is 5.92 Å². The quantitative estimate of drug-likeness (QED) is 0.743. The van der Waals surface area contributed by atoms with E-state index in [0.717, 1.165) is 38.5 Å². The van der Waals surface area contributed by atoms with Gasteiger partial charge in [-0.05, 0) is 11.6 Å². The molecule has 1 aliphatic rings. The van der Waals surface area contributed by atoms with Gasteiger partial charge in [0.1, 0.15) is 5.82 Å². The molecule has 0 bridgehead atoms. The van der Waals surface area contributed by atoms with E-state index in [1.807, 2.05) is 29.3 Å². The molecule has 2 aromatic heterocycles. The van der Waals surface area contributed by atoms with Crippen molar-refractivity contribution in [1.82, 2.24) is 24.2 Å². The van der Waals surface area contributed by atoms with E-state index in [1.165, 1.54) is 5.56 Å². The summed E-state index contributed by atoms with van der Waals surface area (Å²) in [6.45, 7) is 4.86. The summed E-state index contributed by atoms with van der Waals surface area (Å²) in [6.07, 6.45) is 7.89. The van der Waals surface area contributed by atoms with Gasteiger partial charge in [-0.25, -0.2) is 4.98 Å². The van der Waals surface area contributed by atoms with E-state index in [2.05, 4.69) is 56.1 Å². The van der Waals surface area contributed by atoms with Crippen LogP contribution in [0.15, 0.2) is 61.2 Å². The molecule has 0 unspecified atom stereocenters. The van der Waals surface area contributed by atoms with Crippen LogP contribution in [-0.4, -0.2) is 30.8 Å². The normalized spacial score (nSPS) is 18.5. The zero-order valence-electron chi connectivity index (χ0n) is 13.1. The number of rotatable bonds is 4. The van der Waals surface area contributed by atoms with Crippen LogP contribution < -0.4 is 0 Å². The molecule has 5 heteroatoms. The molecule has 0 saturated carbocycles. The van der Waals surface area contributed by atoms with Crippen molar-refractivity contribution in [3.8, 4) is 0 Å². The van der Waals surface area contributed by atoms with Gasteiger partial charge < -0.3 is 4.57 Å². The molecule has 0 fully saturated rings. The lowest BCUT2D eigenvalue weighted by Crippen LogP contribution is -2.30. The van der Waals surface area contributed by atoms with Crippen molar-refractivity contribution >= 4 is 0 Å². The van der Waals surface area contributed by atoms with E-state index in [9.17, 15) is 0 Å². The van der Waals surface area contributed by atoms with Gasteiger partial charge in [0.05, 0.1) is 6.54 Å². The van der Waals surface area contributed by atoms with Gasteiger partial charge in [-0.3, -0.25) is 9.58 Å². The van der Waals surface area contributed by atoms with Crippen LogP contribution in [0.5, 0.6) is 0 Å². The van der Waals surface area contributed by atoms with Gasteiger partial charge in [-0.1, -0.05) is 30.3 Å². The summed E-state index contributed by atoms with van der Waals surface area (Å²) in [7, 11) is 0. The van der Waals surface area contributed by atoms with Crippen LogP contribution in [0.4, 0.5) is 0 Å². The van der Waals surface area contributed by atoms with Gasteiger partial charge in [-0.15, -0.1) is 0 Å². The summed E-state index contributed by atoms with van der Waals surface area (Å²) in [5.41, 5.74) is 1.35. The van der Waals surface area contributed by atoms with Crippen molar-refractivity contribution in [1.29, 1.82) is 0 Å². The van der Waals surface area contributed by atoms with Crippen LogP contribution in [-0.2, 0) is 26.2 Å². The molecule has 0 aliphatic carbocycles. The Labute approximate surface area is 136 Å². The highest BCUT2D eigenvalue weighted by Crippen LogP contribution is 2.19. The smallest absolute Gasteiger partial charge is 0.122 e. The number of fused-ring (bicyclic) bond motifs is 1. The van der Waals surface area contributed by atoms with Crippen LogP contribution in [0.25, 0.3) is 0 Å². The van der Waals surface area contributed by atoms with E-state index in [1.54, 1.807) is 0 Å². The fraction of sp³-hybridized carbons (Fsp3) is 0.333. The van der Waals surface area contributed by atoms with Gasteiger partial charge in [0.25, 0.3) is 0 Å². The standard InChI is InChI=1S/C18H21N5/c1-2-5-16(6-3-1)11-21-12-17(14-23-9-4-7-20-23)13-22-10-8-19-18(22)15-21/h1-10,17H,11-15H2/t17-/m0/s1. The van der Waals surface area contributed by atoms with Crippen LogP contribution in [0.2, 0.25) is 0 Å². The summed E-state index contributed by atoms with van der Waals surface area (Å²) < 4.78 is 4.33. The molecule has 118 valence electrons. The molecule has 23 heavy (non-hydrogen) atoms. The van der Waals surface area contributed by atoms with E-state index in [-0.39, 0.29) is 0 Å². The third-order valence-corrected chi connectivity index (χ3v) is 4.39. The Hall–Kier alpha value is -2.40. The average molecular weight is 307 g/mol. The van der Waals surface area contributed by atoms with Crippen LogP contribution in [0.1, 0.15) is 11.4 Å². The van der Waals surface area contributed by atoms with E-state index < -0.39 is 0 Å². The minimum absolute atomic E-state index is 0.522. The highest BCUT2D eigenvalue weighted by Gasteiger charge is 2.22. The van der Waals surface area contributed by atoms with Crippen molar-refractivity contribution < 1.29 is 0 Å². The van der Waals surface area contributed by atoms with Gasteiger partial charge in [0, 0.05) is 56.9 Å². The first kappa shape index (κ1) is 14.2. The Morgan fingerprint density at radius 3 is 2.74 bits per heavy atom. The molecule has 0 saturated heterocycles. The number of aromatic nitrogens is 4. The predicted molar refractivity (Wildman–Crippen MR) is 88.5 cm³/mol. The summed E-state index contributed by atoms with van der Waals surface area (Å²) >= 11 is 0. The summed E-state index contributed by atoms with van der Waals surface area (Å²) in [5.74, 6) is 1.68. The highest BCUT2D eigenvalue weighted by molar-refractivity contribution is 5.14. The van der Waals surface area contributed by atoms with Gasteiger partial charge in [-0.2, -0.15) is 5.10 Å². The second-order valence-corrected chi connectivity index (χ2v) is 6.25. The summed E-state index contributed by atoms with van der Waals surface area (Å²) in [6, 6.07) is 12.7. The molecule has 1 aliphatic heterocycles. The maximum absolute atomic E-state index is 4.54. The molecule has 1 aromatic carbocycles. The third-order valence-electron chi connectivity index (χ3n) is 4.39. The number of imidazole rings is 1. The molecule has 0 spiro atoms. The van der Waals surface area contributed by atoms with Crippen molar-refractivity contribution in [3.63, 3.8) is 0 Å². The molecule has 4 rings (SSSR count). The molecular formula is C18H21N5. The Balaban J connectivity index is 1.54. The van der Waals surface area contributed by atoms with Gasteiger partial charge >= 0.3 is 0 Å². The summed E-state index contributed by atoms with van der Waals surface area (Å²) in [5, 5.41) is 4.37. The maximum Gasteiger partial charge on any atom is 0.122 e. The minimum atomic E-state index is 0.522. The molecule has 0 N–H and O–H groups in total. The fourth-order valence-electron chi connectivity index (χ4n) is 3.37. The van der Waals surface area contributed by atoms with Crippen LogP contribution >= 0.6 is 0 Å². The molecule has 0 amide bonds. The van der Waals surface area contributed by atoms with Gasteiger partial charge in [0.2, 0.25) is 0 Å². The predicted octanol–water partition coefficient (Wildman–Crippen LogP) is 2.41. The Morgan fingerprint density at radius 1 is 1.00 bits per heavy atom. The van der Waals surface area contributed by atoms with E-state index >= 15 is 0 Å². The maximum atomic E-state index is 4.54. The molecule has 3 heterocycles. The van der Waals surface area contributed by atoms with Gasteiger partial charge in [0.15, 0.2) is 0 Å². The van der Waals surface area contributed by atoms with Crippen molar-refractivity contribution in [2.45, 2.75) is 26.2 Å². The monoisotopic (exact) mass is 307 g/mol. The lowest BCUT2D eigenvalue weighted by molar-refractivity contribution is 0.205. The summed E-state index contributed by atoms with van der Waals surface area (Å²) in [4.78, 5) is 7.03. The molecular weight excluding hydrogens is 286 g/mol. The first-order chi connectivity index (χ1) is 11.4. The van der Waals surface area contributed by atoms with Crippen molar-refractivity contribution in [2.24, 2.45) is 5.92 Å². The molecule has 1 atom stereocenters. The number of hydrogen-bond donors (Lipinski definition) is 0. The Kier molecular flexibility index (Phi) is 3.94. The third kappa shape index (κ3) is 3.35. The average Bonchev–Trinajstić information content (AvgIpc) is 3.18. The lowest BCUT2D eigenvalue weighted by atomic mass is 10.1.